The van der Waals surface area contributed by atoms with E-state index in [9.17, 15) is 10.2 Å². The molecular formula is C43H36N4O2. The highest BCUT2D eigenvalue weighted by atomic mass is 16.3. The Hall–Kier alpha value is -6.14. The average Bonchev–Trinajstić information content (AvgIpc) is 3.11. The third kappa shape index (κ3) is 6.29. The van der Waals surface area contributed by atoms with E-state index in [1.165, 1.54) is 22.3 Å². The fourth-order valence-corrected chi connectivity index (χ4v) is 6.48. The predicted molar refractivity (Wildman–Crippen MR) is 199 cm³/mol. The summed E-state index contributed by atoms with van der Waals surface area (Å²) < 4.78 is 0. The molecule has 2 N–H and O–H groups in total. The molecule has 0 aliphatic heterocycles. The number of benzene rings is 7. The smallest absolute Gasteiger partial charge is 0.143 e. The van der Waals surface area contributed by atoms with Gasteiger partial charge >= 0.3 is 0 Å². The Labute approximate surface area is 285 Å². The van der Waals surface area contributed by atoms with E-state index >= 15 is 0 Å². The molecule has 1 atom stereocenters. The summed E-state index contributed by atoms with van der Waals surface area (Å²) in [6.45, 7) is 8.44. The number of hydrogen-bond acceptors (Lipinski definition) is 6. The summed E-state index contributed by atoms with van der Waals surface area (Å²) in [6, 6.07) is 41.8. The molecule has 49 heavy (non-hydrogen) atoms. The number of phenols is 2. The molecule has 0 aromatic heterocycles. The Morgan fingerprint density at radius 3 is 1.67 bits per heavy atom. The Morgan fingerprint density at radius 2 is 1.04 bits per heavy atom. The number of hydrogen-bond donors (Lipinski definition) is 2. The summed E-state index contributed by atoms with van der Waals surface area (Å²) >= 11 is 0. The highest BCUT2D eigenvalue weighted by Crippen LogP contribution is 2.41. The maximum absolute atomic E-state index is 10.6. The van der Waals surface area contributed by atoms with Crippen LogP contribution in [0.15, 0.2) is 148 Å². The van der Waals surface area contributed by atoms with Crippen LogP contribution in [0.25, 0.3) is 21.5 Å². The zero-order valence-electron chi connectivity index (χ0n) is 27.9. The van der Waals surface area contributed by atoms with Crippen molar-refractivity contribution < 1.29 is 10.2 Å². The molecule has 0 saturated carbocycles. The van der Waals surface area contributed by atoms with Gasteiger partial charge in [-0.2, -0.15) is 10.2 Å². The normalized spacial score (nSPS) is 12.4. The first-order valence-corrected chi connectivity index (χ1v) is 16.3. The van der Waals surface area contributed by atoms with Gasteiger partial charge in [0.1, 0.15) is 22.9 Å². The van der Waals surface area contributed by atoms with Crippen LogP contribution in [0.4, 0.5) is 22.7 Å². The van der Waals surface area contributed by atoms with E-state index in [1.54, 1.807) is 12.1 Å². The summed E-state index contributed by atoms with van der Waals surface area (Å²) in [4.78, 5) is 0. The lowest BCUT2D eigenvalue weighted by Gasteiger charge is -2.24. The van der Waals surface area contributed by atoms with Gasteiger partial charge in [-0.1, -0.05) is 103 Å². The lowest BCUT2D eigenvalue weighted by Crippen LogP contribution is -2.08. The summed E-state index contributed by atoms with van der Waals surface area (Å²) in [7, 11) is 0. The van der Waals surface area contributed by atoms with Gasteiger partial charge in [0.15, 0.2) is 0 Å². The topological polar surface area (TPSA) is 89.9 Å². The Balaban J connectivity index is 1.26. The molecule has 0 heterocycles. The fraction of sp³-hybridized carbons (Fsp3) is 0.116. The summed E-state index contributed by atoms with van der Waals surface area (Å²) in [5.74, 6) is 0.150. The predicted octanol–water partition coefficient (Wildman–Crippen LogP) is 12.6. The van der Waals surface area contributed by atoms with Gasteiger partial charge in [-0.25, -0.2) is 0 Å². The zero-order chi connectivity index (χ0) is 34.1. The molecule has 0 bridgehead atoms. The van der Waals surface area contributed by atoms with Crippen LogP contribution in [0.2, 0.25) is 0 Å². The van der Waals surface area contributed by atoms with Crippen molar-refractivity contribution in [3.63, 3.8) is 0 Å². The van der Waals surface area contributed by atoms with Gasteiger partial charge in [-0.15, -0.1) is 10.2 Å². The lowest BCUT2D eigenvalue weighted by atomic mass is 9.80. The van der Waals surface area contributed by atoms with Crippen molar-refractivity contribution in [2.75, 3.05) is 0 Å². The monoisotopic (exact) mass is 640 g/mol. The SMILES string of the molecule is Cc1ccc(C)c(C(c2ccc(N=Nc3c(O)ccc4ccccc34)cc2)c2cc(C)c(N=Nc3c(O)ccc4ccccc34)cc2C)c1. The third-order valence-electron chi connectivity index (χ3n) is 9.15. The van der Waals surface area contributed by atoms with E-state index < -0.39 is 0 Å². The highest BCUT2D eigenvalue weighted by Gasteiger charge is 2.22. The number of aromatic hydroxyl groups is 2. The number of nitrogens with zero attached hydrogens (tertiary/aromatic N) is 4. The van der Waals surface area contributed by atoms with Crippen molar-refractivity contribution in [3.05, 3.63) is 166 Å². The number of rotatable bonds is 7. The van der Waals surface area contributed by atoms with E-state index in [1.807, 2.05) is 79.7 Å². The molecule has 0 saturated heterocycles. The quantitative estimate of drug-likeness (QED) is 0.134. The number of phenolic OH excluding ortho intramolecular Hbond substituents is 2. The van der Waals surface area contributed by atoms with Crippen LogP contribution in [-0.4, -0.2) is 10.2 Å². The number of azo groups is 2. The first-order chi connectivity index (χ1) is 23.8. The minimum absolute atomic E-state index is 0.0419. The minimum Gasteiger partial charge on any atom is -0.506 e. The van der Waals surface area contributed by atoms with Gasteiger partial charge < -0.3 is 10.2 Å². The summed E-state index contributed by atoms with van der Waals surface area (Å²) in [6.07, 6.45) is 0. The zero-order valence-corrected chi connectivity index (χ0v) is 27.9. The van der Waals surface area contributed by atoms with E-state index in [-0.39, 0.29) is 17.4 Å². The standard InChI is InChI=1S/C43H36N4O2/c1-26-13-14-27(2)36(23-26)41(32-15-19-33(20-16-32)44-46-42-34-11-7-5-9-30(34)17-21-39(42)48)37-24-29(4)38(25-28(37)3)45-47-43-35-12-8-6-10-31(35)18-22-40(43)49/h5-25,41,48-49H,1-4H3. The molecule has 7 aromatic carbocycles. The molecule has 0 aliphatic rings. The van der Waals surface area contributed by atoms with E-state index in [4.69, 9.17) is 0 Å². The van der Waals surface area contributed by atoms with Crippen LogP contribution in [0, 0.1) is 27.7 Å². The molecule has 6 heteroatoms. The fourth-order valence-electron chi connectivity index (χ4n) is 6.48. The van der Waals surface area contributed by atoms with Crippen molar-refractivity contribution in [1.29, 1.82) is 0 Å². The van der Waals surface area contributed by atoms with Gasteiger partial charge in [-0.05, 0) is 102 Å². The molecule has 7 rings (SSSR count). The van der Waals surface area contributed by atoms with Gasteiger partial charge in [0.05, 0.1) is 11.4 Å². The number of aryl methyl sites for hydroxylation is 4. The second-order valence-corrected chi connectivity index (χ2v) is 12.6. The largest absolute Gasteiger partial charge is 0.506 e. The van der Waals surface area contributed by atoms with Crippen molar-refractivity contribution >= 4 is 44.3 Å². The number of fused-ring (bicyclic) bond motifs is 2. The maximum atomic E-state index is 10.6. The second kappa shape index (κ2) is 13.2. The van der Waals surface area contributed by atoms with Crippen LogP contribution in [0.5, 0.6) is 11.5 Å². The summed E-state index contributed by atoms with van der Waals surface area (Å²) in [5.41, 5.74) is 10.4. The molecule has 1 unspecified atom stereocenters. The molecule has 0 radical (unpaired) electrons. The van der Waals surface area contributed by atoms with Gasteiger partial charge in [0.25, 0.3) is 0 Å². The second-order valence-electron chi connectivity index (χ2n) is 12.6. The van der Waals surface area contributed by atoms with Gasteiger partial charge in [0.2, 0.25) is 0 Å². The van der Waals surface area contributed by atoms with Crippen LogP contribution >= 0.6 is 0 Å². The van der Waals surface area contributed by atoms with E-state index in [2.05, 4.69) is 83.7 Å². The molecule has 7 aromatic rings. The maximum Gasteiger partial charge on any atom is 0.143 e. The Kier molecular flexibility index (Phi) is 8.45. The molecule has 0 aliphatic carbocycles. The molecule has 0 fully saturated rings. The van der Waals surface area contributed by atoms with Crippen molar-refractivity contribution in [2.45, 2.75) is 33.6 Å². The average molecular weight is 641 g/mol. The molecule has 0 amide bonds. The van der Waals surface area contributed by atoms with Gasteiger partial charge in [0, 0.05) is 16.7 Å². The first-order valence-electron chi connectivity index (χ1n) is 16.3. The van der Waals surface area contributed by atoms with Gasteiger partial charge in [-0.3, -0.25) is 0 Å². The first kappa shape index (κ1) is 31.5. The van der Waals surface area contributed by atoms with Crippen molar-refractivity contribution in [1.82, 2.24) is 0 Å². The molecular weight excluding hydrogens is 604 g/mol. The Morgan fingerprint density at radius 1 is 0.469 bits per heavy atom. The van der Waals surface area contributed by atoms with Crippen LogP contribution in [-0.2, 0) is 0 Å². The summed E-state index contributed by atoms with van der Waals surface area (Å²) in [5, 5.41) is 43.0. The van der Waals surface area contributed by atoms with Crippen LogP contribution in [0.3, 0.4) is 0 Å². The minimum atomic E-state index is -0.0419. The van der Waals surface area contributed by atoms with E-state index in [0.717, 1.165) is 43.9 Å². The molecule has 0 spiro atoms. The lowest BCUT2D eigenvalue weighted by molar-refractivity contribution is 0.476. The van der Waals surface area contributed by atoms with Crippen LogP contribution < -0.4 is 0 Å². The van der Waals surface area contributed by atoms with E-state index in [0.29, 0.717) is 17.1 Å². The highest BCUT2D eigenvalue weighted by molar-refractivity contribution is 5.96. The van der Waals surface area contributed by atoms with Crippen molar-refractivity contribution in [2.24, 2.45) is 20.5 Å². The van der Waals surface area contributed by atoms with Crippen LogP contribution in [0.1, 0.15) is 44.9 Å². The van der Waals surface area contributed by atoms with Crippen molar-refractivity contribution in [3.8, 4) is 11.5 Å². The third-order valence-corrected chi connectivity index (χ3v) is 9.15. The molecule has 240 valence electrons. The molecule has 6 nitrogen and oxygen atoms in total. The Bertz CT molecular complexity index is 2410.